The van der Waals surface area contributed by atoms with Crippen LogP contribution in [0.25, 0.3) is 0 Å². The van der Waals surface area contributed by atoms with Gasteiger partial charge in [0.15, 0.2) is 6.10 Å². The summed E-state index contributed by atoms with van der Waals surface area (Å²) in [6, 6.07) is 0. The molecule has 376 valence electrons. The Morgan fingerprint density at radius 2 is 0.516 bits per heavy atom. The molecule has 0 aliphatic rings. The van der Waals surface area contributed by atoms with Crippen LogP contribution in [-0.4, -0.2) is 37.2 Å². The summed E-state index contributed by atoms with van der Waals surface area (Å²) in [7, 11) is 0. The van der Waals surface area contributed by atoms with Crippen LogP contribution in [0.1, 0.15) is 310 Å². The van der Waals surface area contributed by atoms with Crippen molar-refractivity contribution in [1.29, 1.82) is 0 Å². The lowest BCUT2D eigenvalue weighted by Crippen LogP contribution is -2.30. The molecule has 0 unspecified atom stereocenters. The highest BCUT2D eigenvalue weighted by Crippen LogP contribution is 2.16. The third-order valence-electron chi connectivity index (χ3n) is 12.7. The van der Waals surface area contributed by atoms with Gasteiger partial charge in [0.05, 0.1) is 0 Å². The normalized spacial score (nSPS) is 12.1. The summed E-state index contributed by atoms with van der Waals surface area (Å²) in [5.41, 5.74) is 0. The van der Waals surface area contributed by atoms with E-state index in [2.05, 4.69) is 45.1 Å². The van der Waals surface area contributed by atoms with Gasteiger partial charge in [-0.25, -0.2) is 0 Å². The molecule has 0 rings (SSSR count). The molecular weight excluding hydrogens is 793 g/mol. The number of allylic oxidation sites excluding steroid dienone is 4. The number of hydrogen-bond acceptors (Lipinski definition) is 6. The number of esters is 3. The van der Waals surface area contributed by atoms with Crippen LogP contribution in [0.4, 0.5) is 0 Å². The molecule has 1 atom stereocenters. The monoisotopic (exact) mass is 901 g/mol. The smallest absolute Gasteiger partial charge is 0.306 e. The minimum atomic E-state index is -0.775. The Kier molecular flexibility index (Phi) is 51.7. The Labute approximate surface area is 398 Å². The summed E-state index contributed by atoms with van der Waals surface area (Å²) in [6.45, 7) is 6.66. The van der Waals surface area contributed by atoms with Crippen molar-refractivity contribution < 1.29 is 28.6 Å². The lowest BCUT2D eigenvalue weighted by Gasteiger charge is -2.18. The van der Waals surface area contributed by atoms with Crippen LogP contribution in [0, 0.1) is 0 Å². The topological polar surface area (TPSA) is 78.9 Å². The molecule has 0 saturated heterocycles. The Morgan fingerprint density at radius 3 is 0.781 bits per heavy atom. The zero-order valence-electron chi connectivity index (χ0n) is 43.1. The van der Waals surface area contributed by atoms with Crippen molar-refractivity contribution >= 4 is 17.9 Å². The molecule has 0 heterocycles. The first-order chi connectivity index (χ1) is 31.5. The van der Waals surface area contributed by atoms with Gasteiger partial charge in [-0.15, -0.1) is 0 Å². The predicted molar refractivity (Wildman–Crippen MR) is 275 cm³/mol. The highest BCUT2D eigenvalue weighted by molar-refractivity contribution is 5.71. The van der Waals surface area contributed by atoms with Crippen molar-refractivity contribution in [3.05, 3.63) is 24.3 Å². The van der Waals surface area contributed by atoms with Crippen molar-refractivity contribution in [3.8, 4) is 0 Å². The van der Waals surface area contributed by atoms with E-state index in [-0.39, 0.29) is 31.1 Å². The molecule has 0 aliphatic carbocycles. The second-order valence-electron chi connectivity index (χ2n) is 19.2. The predicted octanol–water partition coefficient (Wildman–Crippen LogP) is 18.7. The van der Waals surface area contributed by atoms with Gasteiger partial charge in [-0.05, 0) is 70.6 Å². The summed E-state index contributed by atoms with van der Waals surface area (Å²) in [5.74, 6) is -0.872. The summed E-state index contributed by atoms with van der Waals surface area (Å²) in [4.78, 5) is 38.1. The van der Waals surface area contributed by atoms with Crippen LogP contribution in [0.3, 0.4) is 0 Å². The largest absolute Gasteiger partial charge is 0.462 e. The standard InChI is InChI=1S/C58H108O6/c1-4-7-10-13-16-19-22-25-28-31-33-36-39-42-45-48-51-57(60)63-54-55(64-58(61)52-49-46-43-40-37-34-30-27-24-21-18-15-12-9-6-3)53-62-56(59)50-47-44-41-38-35-32-29-26-23-20-17-14-11-8-5-2/h27-28,30-31,55H,4-26,29,32-54H2,1-3H3/b30-27-,31-28-/t55-/m1/s1. The zero-order valence-corrected chi connectivity index (χ0v) is 43.1. The van der Waals surface area contributed by atoms with Crippen LogP contribution < -0.4 is 0 Å². The quantitative estimate of drug-likeness (QED) is 0.0262. The van der Waals surface area contributed by atoms with Gasteiger partial charge in [-0.3, -0.25) is 14.4 Å². The molecule has 0 aromatic rings. The second-order valence-corrected chi connectivity index (χ2v) is 19.2. The fourth-order valence-corrected chi connectivity index (χ4v) is 8.37. The molecule has 0 radical (unpaired) electrons. The third kappa shape index (κ3) is 50.9. The molecule has 0 saturated carbocycles. The average Bonchev–Trinajstić information content (AvgIpc) is 3.29. The molecule has 0 N–H and O–H groups in total. The van der Waals surface area contributed by atoms with Gasteiger partial charge in [-0.2, -0.15) is 0 Å². The average molecular weight is 901 g/mol. The molecule has 0 aliphatic heterocycles. The molecule has 0 amide bonds. The SMILES string of the molecule is CCCCCCCC/C=C\CCCCCCCC(=O)O[C@@H](COC(=O)CCCCCCC/C=C\CCCCCCCCC)COC(=O)CCCCCCCCCCCCCCCCC. The molecule has 6 nitrogen and oxygen atoms in total. The maximum Gasteiger partial charge on any atom is 0.306 e. The van der Waals surface area contributed by atoms with Crippen LogP contribution >= 0.6 is 0 Å². The van der Waals surface area contributed by atoms with Crippen LogP contribution in [-0.2, 0) is 28.6 Å². The zero-order chi connectivity index (χ0) is 46.5. The van der Waals surface area contributed by atoms with Gasteiger partial charge >= 0.3 is 17.9 Å². The van der Waals surface area contributed by atoms with E-state index >= 15 is 0 Å². The fraction of sp³-hybridized carbons (Fsp3) is 0.879. The van der Waals surface area contributed by atoms with E-state index in [0.717, 1.165) is 70.6 Å². The van der Waals surface area contributed by atoms with Gasteiger partial charge in [0.1, 0.15) is 13.2 Å². The van der Waals surface area contributed by atoms with E-state index < -0.39 is 6.10 Å². The van der Waals surface area contributed by atoms with E-state index in [1.807, 2.05) is 0 Å². The molecule has 0 aromatic carbocycles. The number of hydrogen-bond donors (Lipinski definition) is 0. The summed E-state index contributed by atoms with van der Waals surface area (Å²) >= 11 is 0. The van der Waals surface area contributed by atoms with Gasteiger partial charge in [-0.1, -0.05) is 244 Å². The summed E-state index contributed by atoms with van der Waals surface area (Å²) in [6.07, 6.45) is 61.6. The van der Waals surface area contributed by atoms with Crippen LogP contribution in [0.5, 0.6) is 0 Å². The van der Waals surface area contributed by atoms with E-state index in [0.29, 0.717) is 19.3 Å². The van der Waals surface area contributed by atoms with E-state index in [9.17, 15) is 14.4 Å². The van der Waals surface area contributed by atoms with E-state index in [1.165, 1.54) is 199 Å². The van der Waals surface area contributed by atoms with Crippen molar-refractivity contribution in [2.24, 2.45) is 0 Å². The van der Waals surface area contributed by atoms with E-state index in [4.69, 9.17) is 14.2 Å². The minimum Gasteiger partial charge on any atom is -0.462 e. The molecule has 6 heteroatoms. The van der Waals surface area contributed by atoms with Crippen LogP contribution in [0.15, 0.2) is 24.3 Å². The molecule has 0 fully saturated rings. The van der Waals surface area contributed by atoms with Crippen molar-refractivity contribution in [2.75, 3.05) is 13.2 Å². The maximum atomic E-state index is 12.8. The van der Waals surface area contributed by atoms with Gasteiger partial charge < -0.3 is 14.2 Å². The van der Waals surface area contributed by atoms with Crippen molar-refractivity contribution in [2.45, 2.75) is 316 Å². The summed E-state index contributed by atoms with van der Waals surface area (Å²) in [5, 5.41) is 0. The van der Waals surface area contributed by atoms with Gasteiger partial charge in [0, 0.05) is 19.3 Å². The first-order valence-corrected chi connectivity index (χ1v) is 28.3. The van der Waals surface area contributed by atoms with Crippen molar-refractivity contribution in [1.82, 2.24) is 0 Å². The number of carbonyl (C=O) groups excluding carboxylic acids is 3. The molecule has 0 bridgehead atoms. The van der Waals surface area contributed by atoms with Crippen molar-refractivity contribution in [3.63, 3.8) is 0 Å². The molecular formula is C58H108O6. The number of unbranched alkanes of at least 4 members (excludes halogenated alkanes) is 37. The number of rotatable bonds is 52. The first kappa shape index (κ1) is 61.9. The number of ether oxygens (including phenoxy) is 3. The second kappa shape index (κ2) is 53.5. The first-order valence-electron chi connectivity index (χ1n) is 28.3. The lowest BCUT2D eigenvalue weighted by atomic mass is 10.0. The summed E-state index contributed by atoms with van der Waals surface area (Å²) < 4.78 is 16.9. The Balaban J connectivity index is 4.36. The Morgan fingerprint density at radius 1 is 0.297 bits per heavy atom. The van der Waals surface area contributed by atoms with E-state index in [1.54, 1.807) is 0 Å². The number of carbonyl (C=O) groups is 3. The Hall–Kier alpha value is -2.11. The third-order valence-corrected chi connectivity index (χ3v) is 12.7. The molecule has 64 heavy (non-hydrogen) atoms. The molecule has 0 spiro atoms. The van der Waals surface area contributed by atoms with Crippen LogP contribution in [0.2, 0.25) is 0 Å². The van der Waals surface area contributed by atoms with Gasteiger partial charge in [0.2, 0.25) is 0 Å². The minimum absolute atomic E-state index is 0.0730. The maximum absolute atomic E-state index is 12.8. The molecule has 0 aromatic heterocycles. The van der Waals surface area contributed by atoms with Gasteiger partial charge in [0.25, 0.3) is 0 Å². The highest BCUT2D eigenvalue weighted by Gasteiger charge is 2.19. The Bertz CT molecular complexity index is 1040. The highest BCUT2D eigenvalue weighted by atomic mass is 16.6. The fourth-order valence-electron chi connectivity index (χ4n) is 8.37. The lowest BCUT2D eigenvalue weighted by molar-refractivity contribution is -0.167.